The zero-order valence-corrected chi connectivity index (χ0v) is 9.48. The molecule has 3 nitrogen and oxygen atoms in total. The summed E-state index contributed by atoms with van der Waals surface area (Å²) < 4.78 is 0. The van der Waals surface area contributed by atoms with Gasteiger partial charge in [-0.25, -0.2) is 0 Å². The first-order valence-corrected chi connectivity index (χ1v) is 5.29. The summed E-state index contributed by atoms with van der Waals surface area (Å²) in [5, 5.41) is 9.13. The van der Waals surface area contributed by atoms with Crippen molar-refractivity contribution in [1.82, 2.24) is 0 Å². The van der Waals surface area contributed by atoms with Gasteiger partial charge in [0.25, 0.3) is 0 Å². The largest absolute Gasteiger partial charge is 0.394 e. The Morgan fingerprint density at radius 3 is 2.40 bits per heavy atom. The average molecular weight is 208 g/mol. The molecule has 0 radical (unpaired) electrons. The number of nitrogens with zero attached hydrogens (tertiary/aromatic N) is 1. The van der Waals surface area contributed by atoms with Crippen molar-refractivity contribution in [3.8, 4) is 0 Å². The number of aliphatic hydroxyl groups is 1. The molecule has 0 fully saturated rings. The van der Waals surface area contributed by atoms with Crippen LogP contribution in [0, 0.1) is 0 Å². The molecule has 0 amide bonds. The topological polar surface area (TPSA) is 49.5 Å². The van der Waals surface area contributed by atoms with Gasteiger partial charge in [-0.2, -0.15) is 0 Å². The van der Waals surface area contributed by atoms with Gasteiger partial charge in [-0.15, -0.1) is 0 Å². The van der Waals surface area contributed by atoms with E-state index in [0.717, 1.165) is 12.2 Å². The van der Waals surface area contributed by atoms with Crippen LogP contribution in [-0.2, 0) is 0 Å². The summed E-state index contributed by atoms with van der Waals surface area (Å²) in [4.78, 5) is 2.16. The van der Waals surface area contributed by atoms with Crippen molar-refractivity contribution >= 4 is 5.69 Å². The molecule has 1 unspecified atom stereocenters. The minimum absolute atomic E-state index is 0.00364. The summed E-state index contributed by atoms with van der Waals surface area (Å²) >= 11 is 0. The van der Waals surface area contributed by atoms with Crippen LogP contribution in [0.15, 0.2) is 30.3 Å². The Kier molecular flexibility index (Phi) is 4.12. The molecule has 0 aliphatic heterocycles. The first-order valence-electron chi connectivity index (χ1n) is 5.29. The van der Waals surface area contributed by atoms with Crippen LogP contribution < -0.4 is 10.6 Å². The molecule has 3 heteroatoms. The van der Waals surface area contributed by atoms with E-state index in [1.54, 1.807) is 0 Å². The molecular formula is C12H20N2O. The second-order valence-corrected chi connectivity index (χ2v) is 4.16. The van der Waals surface area contributed by atoms with Crippen LogP contribution >= 0.6 is 0 Å². The third kappa shape index (κ3) is 3.53. The van der Waals surface area contributed by atoms with Gasteiger partial charge in [0.1, 0.15) is 0 Å². The lowest BCUT2D eigenvalue weighted by Gasteiger charge is -2.32. The summed E-state index contributed by atoms with van der Waals surface area (Å²) in [6.07, 6.45) is 0. The molecular weight excluding hydrogens is 188 g/mol. The Hall–Kier alpha value is -1.06. The van der Waals surface area contributed by atoms with E-state index in [9.17, 15) is 0 Å². The van der Waals surface area contributed by atoms with Crippen LogP contribution in [0.1, 0.15) is 13.8 Å². The SMILES string of the molecule is CCN(CC(C)(N)CO)c1ccccc1. The quantitative estimate of drug-likeness (QED) is 0.765. The molecule has 0 spiro atoms. The van der Waals surface area contributed by atoms with Gasteiger partial charge in [-0.3, -0.25) is 0 Å². The van der Waals surface area contributed by atoms with E-state index in [2.05, 4.69) is 24.0 Å². The number of rotatable bonds is 5. The first kappa shape index (κ1) is 12.0. The molecule has 3 N–H and O–H groups in total. The van der Waals surface area contributed by atoms with E-state index in [-0.39, 0.29) is 6.61 Å². The Bertz CT molecular complexity index is 285. The summed E-state index contributed by atoms with van der Waals surface area (Å²) in [7, 11) is 0. The predicted octanol–water partition coefficient (Wildman–Crippen LogP) is 1.22. The molecule has 0 saturated heterocycles. The maximum Gasteiger partial charge on any atom is 0.0625 e. The molecule has 0 aliphatic carbocycles. The minimum Gasteiger partial charge on any atom is -0.394 e. The molecule has 0 bridgehead atoms. The number of benzene rings is 1. The van der Waals surface area contributed by atoms with Gasteiger partial charge in [0.05, 0.1) is 12.1 Å². The molecule has 0 aromatic heterocycles. The van der Waals surface area contributed by atoms with Crippen molar-refractivity contribution in [2.24, 2.45) is 5.73 Å². The molecule has 0 heterocycles. The third-order valence-corrected chi connectivity index (χ3v) is 2.42. The van der Waals surface area contributed by atoms with Crippen LogP contribution in [-0.4, -0.2) is 30.3 Å². The normalized spacial score (nSPS) is 14.7. The van der Waals surface area contributed by atoms with Gasteiger partial charge in [0, 0.05) is 18.8 Å². The number of nitrogens with two attached hydrogens (primary N) is 1. The zero-order valence-electron chi connectivity index (χ0n) is 9.48. The van der Waals surface area contributed by atoms with Gasteiger partial charge in [-0.1, -0.05) is 18.2 Å². The zero-order chi connectivity index (χ0) is 11.3. The number of anilines is 1. The molecule has 0 saturated carbocycles. The van der Waals surface area contributed by atoms with Gasteiger partial charge >= 0.3 is 0 Å². The van der Waals surface area contributed by atoms with Crippen LogP contribution in [0.25, 0.3) is 0 Å². The number of para-hydroxylation sites is 1. The average Bonchev–Trinajstić information content (AvgIpc) is 2.27. The van der Waals surface area contributed by atoms with Crippen molar-refractivity contribution in [1.29, 1.82) is 0 Å². The van der Waals surface area contributed by atoms with E-state index in [1.807, 2.05) is 25.1 Å². The van der Waals surface area contributed by atoms with Gasteiger partial charge in [0.15, 0.2) is 0 Å². The fourth-order valence-electron chi connectivity index (χ4n) is 1.51. The molecule has 1 aromatic carbocycles. The Morgan fingerprint density at radius 2 is 1.93 bits per heavy atom. The number of likely N-dealkylation sites (N-methyl/N-ethyl adjacent to an activating group) is 1. The summed E-state index contributed by atoms with van der Waals surface area (Å²) in [6.45, 7) is 5.48. The highest BCUT2D eigenvalue weighted by molar-refractivity contribution is 5.46. The summed E-state index contributed by atoms with van der Waals surface area (Å²) in [5.74, 6) is 0. The molecule has 1 rings (SSSR count). The fourth-order valence-corrected chi connectivity index (χ4v) is 1.51. The maximum atomic E-state index is 9.13. The van der Waals surface area contributed by atoms with Gasteiger partial charge in [-0.05, 0) is 26.0 Å². The number of hydrogen-bond donors (Lipinski definition) is 2. The highest BCUT2D eigenvalue weighted by Gasteiger charge is 2.20. The monoisotopic (exact) mass is 208 g/mol. The molecule has 0 aliphatic rings. The highest BCUT2D eigenvalue weighted by atomic mass is 16.3. The molecule has 15 heavy (non-hydrogen) atoms. The Morgan fingerprint density at radius 1 is 1.33 bits per heavy atom. The Balaban J connectivity index is 2.73. The predicted molar refractivity (Wildman–Crippen MR) is 64.0 cm³/mol. The van der Waals surface area contributed by atoms with E-state index in [1.165, 1.54) is 0 Å². The van der Waals surface area contributed by atoms with Gasteiger partial charge < -0.3 is 15.7 Å². The van der Waals surface area contributed by atoms with Crippen LogP contribution in [0.3, 0.4) is 0 Å². The van der Waals surface area contributed by atoms with E-state index >= 15 is 0 Å². The molecule has 1 aromatic rings. The lowest BCUT2D eigenvalue weighted by molar-refractivity contribution is 0.211. The fraction of sp³-hybridized carbons (Fsp3) is 0.500. The van der Waals surface area contributed by atoms with Crippen LogP contribution in [0.2, 0.25) is 0 Å². The van der Waals surface area contributed by atoms with E-state index in [0.29, 0.717) is 6.54 Å². The van der Waals surface area contributed by atoms with Crippen molar-refractivity contribution in [3.05, 3.63) is 30.3 Å². The van der Waals surface area contributed by atoms with E-state index in [4.69, 9.17) is 10.8 Å². The van der Waals surface area contributed by atoms with Crippen molar-refractivity contribution in [3.63, 3.8) is 0 Å². The van der Waals surface area contributed by atoms with Crippen LogP contribution in [0.5, 0.6) is 0 Å². The smallest absolute Gasteiger partial charge is 0.0625 e. The van der Waals surface area contributed by atoms with Crippen LogP contribution in [0.4, 0.5) is 5.69 Å². The van der Waals surface area contributed by atoms with Gasteiger partial charge in [0.2, 0.25) is 0 Å². The Labute approximate surface area is 91.5 Å². The second-order valence-electron chi connectivity index (χ2n) is 4.16. The van der Waals surface area contributed by atoms with Crippen molar-refractivity contribution < 1.29 is 5.11 Å². The second kappa shape index (κ2) is 5.14. The number of hydrogen-bond acceptors (Lipinski definition) is 3. The first-order chi connectivity index (χ1) is 7.09. The van der Waals surface area contributed by atoms with Crippen molar-refractivity contribution in [2.75, 3.05) is 24.6 Å². The standard InChI is InChI=1S/C12H20N2O/c1-3-14(9-12(2,13)10-15)11-7-5-4-6-8-11/h4-8,15H,3,9-10,13H2,1-2H3. The lowest BCUT2D eigenvalue weighted by Crippen LogP contribution is -2.50. The molecule has 1 atom stereocenters. The highest BCUT2D eigenvalue weighted by Crippen LogP contribution is 2.15. The van der Waals surface area contributed by atoms with Crippen molar-refractivity contribution in [2.45, 2.75) is 19.4 Å². The summed E-state index contributed by atoms with van der Waals surface area (Å²) in [6, 6.07) is 10.1. The maximum absolute atomic E-state index is 9.13. The number of aliphatic hydroxyl groups excluding tert-OH is 1. The lowest BCUT2D eigenvalue weighted by atomic mass is 10.0. The third-order valence-electron chi connectivity index (χ3n) is 2.42. The molecule has 84 valence electrons. The minimum atomic E-state index is -0.550. The summed E-state index contributed by atoms with van der Waals surface area (Å²) in [5.41, 5.74) is 6.53. The van der Waals surface area contributed by atoms with E-state index < -0.39 is 5.54 Å².